The van der Waals surface area contributed by atoms with E-state index in [2.05, 4.69) is 4.98 Å². The fourth-order valence-electron chi connectivity index (χ4n) is 0.837. The van der Waals surface area contributed by atoms with Crippen LogP contribution in [0.5, 0.6) is 5.88 Å². The van der Waals surface area contributed by atoms with Gasteiger partial charge in [-0.1, -0.05) is 12.1 Å². The zero-order valence-corrected chi connectivity index (χ0v) is 7.21. The summed E-state index contributed by atoms with van der Waals surface area (Å²) in [5.41, 5.74) is 0.806. The van der Waals surface area contributed by atoms with Crippen molar-refractivity contribution < 1.29 is 14.8 Å². The maximum Gasteiger partial charge on any atom is 0.480 e. The molecular weight excluding hydrogens is 169 g/mol. The average Bonchev–Trinajstić information content (AvgIpc) is 2.15. The van der Waals surface area contributed by atoms with Gasteiger partial charge in [0.15, 0.2) is 0 Å². The summed E-state index contributed by atoms with van der Waals surface area (Å²) in [6.07, 6.45) is 3.16. The standard InChI is InChI=1S/C8H10BNO3/c1-13-8-6-7(3-5-10-8)2-4-9(11)12/h2-6,11-12H,1H3/b4-2+. The minimum absolute atomic E-state index is 0.495. The lowest BCUT2D eigenvalue weighted by atomic mass is 9.91. The molecule has 1 aromatic rings. The Labute approximate surface area is 76.7 Å². The van der Waals surface area contributed by atoms with E-state index in [1.807, 2.05) is 0 Å². The van der Waals surface area contributed by atoms with Crippen LogP contribution < -0.4 is 4.74 Å². The molecule has 68 valence electrons. The molecule has 0 aliphatic rings. The molecule has 0 fully saturated rings. The van der Waals surface area contributed by atoms with Crippen LogP contribution in [-0.2, 0) is 0 Å². The summed E-state index contributed by atoms with van der Waals surface area (Å²) in [4.78, 5) is 3.90. The van der Waals surface area contributed by atoms with Gasteiger partial charge in [-0.2, -0.15) is 0 Å². The Morgan fingerprint density at radius 2 is 2.31 bits per heavy atom. The van der Waals surface area contributed by atoms with Gasteiger partial charge in [0.05, 0.1) is 7.11 Å². The molecule has 0 saturated carbocycles. The molecule has 0 bridgehead atoms. The fraction of sp³-hybridized carbons (Fsp3) is 0.125. The summed E-state index contributed by atoms with van der Waals surface area (Å²) in [6.45, 7) is 0. The van der Waals surface area contributed by atoms with Gasteiger partial charge in [0.25, 0.3) is 0 Å². The monoisotopic (exact) mass is 179 g/mol. The van der Waals surface area contributed by atoms with Gasteiger partial charge in [0.2, 0.25) is 5.88 Å². The highest BCUT2D eigenvalue weighted by Crippen LogP contribution is 2.09. The summed E-state index contributed by atoms with van der Waals surface area (Å²) in [5.74, 6) is 1.75. The van der Waals surface area contributed by atoms with E-state index in [1.165, 1.54) is 13.1 Å². The molecule has 5 heteroatoms. The Balaban J connectivity index is 2.77. The summed E-state index contributed by atoms with van der Waals surface area (Å²) in [7, 11) is 0.0932. The van der Waals surface area contributed by atoms with Crippen molar-refractivity contribution in [3.05, 3.63) is 29.9 Å². The van der Waals surface area contributed by atoms with Crippen LogP contribution in [-0.4, -0.2) is 29.3 Å². The third kappa shape index (κ3) is 3.27. The van der Waals surface area contributed by atoms with Crippen LogP contribution in [0, 0.1) is 0 Å². The Bertz CT molecular complexity index is 301. The molecule has 2 N–H and O–H groups in total. The second-order valence-electron chi connectivity index (χ2n) is 2.40. The molecule has 0 aliphatic heterocycles. The molecular formula is C8H10BNO3. The SMILES string of the molecule is COc1cc(/C=C/B(O)O)ccn1. The Kier molecular flexibility index (Phi) is 3.48. The predicted molar refractivity (Wildman–Crippen MR) is 50.0 cm³/mol. The first kappa shape index (κ1) is 9.76. The molecule has 0 aliphatic carbocycles. The zero-order chi connectivity index (χ0) is 9.68. The smallest absolute Gasteiger partial charge is 0.480 e. The van der Waals surface area contributed by atoms with Crippen molar-refractivity contribution in [1.29, 1.82) is 0 Å². The molecule has 13 heavy (non-hydrogen) atoms. The first-order chi connectivity index (χ1) is 6.22. The van der Waals surface area contributed by atoms with E-state index in [1.54, 1.807) is 24.4 Å². The minimum Gasteiger partial charge on any atom is -0.481 e. The number of aromatic nitrogens is 1. The van der Waals surface area contributed by atoms with Gasteiger partial charge in [0, 0.05) is 12.3 Å². The molecule has 0 atom stereocenters. The molecule has 0 spiro atoms. The van der Waals surface area contributed by atoms with Crippen LogP contribution in [0.15, 0.2) is 24.3 Å². The van der Waals surface area contributed by atoms with Crippen molar-refractivity contribution in [3.8, 4) is 5.88 Å². The van der Waals surface area contributed by atoms with Crippen molar-refractivity contribution in [2.75, 3.05) is 7.11 Å². The van der Waals surface area contributed by atoms with E-state index in [9.17, 15) is 0 Å². The number of pyridine rings is 1. The van der Waals surface area contributed by atoms with Crippen LogP contribution in [0.3, 0.4) is 0 Å². The summed E-state index contributed by atoms with van der Waals surface area (Å²) < 4.78 is 4.89. The maximum absolute atomic E-state index is 8.56. The Morgan fingerprint density at radius 3 is 2.92 bits per heavy atom. The number of nitrogens with zero attached hydrogens (tertiary/aromatic N) is 1. The Hall–Kier alpha value is -1.33. The number of rotatable bonds is 3. The van der Waals surface area contributed by atoms with E-state index in [4.69, 9.17) is 14.8 Å². The van der Waals surface area contributed by atoms with Crippen molar-refractivity contribution >= 4 is 13.2 Å². The van der Waals surface area contributed by atoms with Crippen molar-refractivity contribution in [3.63, 3.8) is 0 Å². The highest BCUT2D eigenvalue weighted by atomic mass is 16.5. The predicted octanol–water partition coefficient (Wildman–Crippen LogP) is 0.115. The maximum atomic E-state index is 8.56. The molecule has 0 unspecified atom stereocenters. The molecule has 0 saturated heterocycles. The van der Waals surface area contributed by atoms with Gasteiger partial charge in [0.1, 0.15) is 0 Å². The lowest BCUT2D eigenvalue weighted by Gasteiger charge is -1.98. The van der Waals surface area contributed by atoms with E-state index < -0.39 is 7.12 Å². The zero-order valence-electron chi connectivity index (χ0n) is 7.21. The first-order valence-corrected chi connectivity index (χ1v) is 3.77. The van der Waals surface area contributed by atoms with Gasteiger partial charge < -0.3 is 14.8 Å². The van der Waals surface area contributed by atoms with Crippen LogP contribution >= 0.6 is 0 Å². The van der Waals surface area contributed by atoms with Crippen molar-refractivity contribution in [2.24, 2.45) is 0 Å². The number of methoxy groups -OCH3 is 1. The highest BCUT2D eigenvalue weighted by molar-refractivity contribution is 6.48. The molecule has 0 radical (unpaired) electrons. The van der Waals surface area contributed by atoms with Crippen molar-refractivity contribution in [2.45, 2.75) is 0 Å². The Morgan fingerprint density at radius 1 is 1.54 bits per heavy atom. The van der Waals surface area contributed by atoms with Gasteiger partial charge in [-0.15, -0.1) is 0 Å². The number of ether oxygens (including phenoxy) is 1. The van der Waals surface area contributed by atoms with Crippen LogP contribution in [0.4, 0.5) is 0 Å². The second-order valence-corrected chi connectivity index (χ2v) is 2.40. The lowest BCUT2D eigenvalue weighted by molar-refractivity contribution is 0.398. The minimum atomic E-state index is -1.43. The largest absolute Gasteiger partial charge is 0.481 e. The molecule has 4 nitrogen and oxygen atoms in total. The van der Waals surface area contributed by atoms with Gasteiger partial charge >= 0.3 is 7.12 Å². The fourth-order valence-corrected chi connectivity index (χ4v) is 0.837. The summed E-state index contributed by atoms with van der Waals surface area (Å²) in [5, 5.41) is 17.1. The quantitative estimate of drug-likeness (QED) is 0.646. The average molecular weight is 179 g/mol. The molecule has 0 amide bonds. The number of hydrogen-bond acceptors (Lipinski definition) is 4. The van der Waals surface area contributed by atoms with Gasteiger partial charge in [-0.25, -0.2) is 4.98 Å². The summed E-state index contributed by atoms with van der Waals surface area (Å²) in [6, 6.07) is 3.43. The highest BCUT2D eigenvalue weighted by Gasteiger charge is 1.98. The van der Waals surface area contributed by atoms with Crippen molar-refractivity contribution in [1.82, 2.24) is 4.98 Å². The van der Waals surface area contributed by atoms with E-state index in [0.717, 1.165) is 5.56 Å². The normalized spacial score (nSPS) is 10.4. The molecule has 1 aromatic heterocycles. The van der Waals surface area contributed by atoms with E-state index >= 15 is 0 Å². The van der Waals surface area contributed by atoms with E-state index in [-0.39, 0.29) is 0 Å². The lowest BCUT2D eigenvalue weighted by Crippen LogP contribution is -2.05. The topological polar surface area (TPSA) is 62.6 Å². The van der Waals surface area contributed by atoms with E-state index in [0.29, 0.717) is 5.88 Å². The molecule has 0 aromatic carbocycles. The van der Waals surface area contributed by atoms with Crippen LogP contribution in [0.2, 0.25) is 0 Å². The second kappa shape index (κ2) is 4.64. The first-order valence-electron chi connectivity index (χ1n) is 3.77. The van der Waals surface area contributed by atoms with Crippen LogP contribution in [0.25, 0.3) is 6.08 Å². The molecule has 1 heterocycles. The third-order valence-electron chi connectivity index (χ3n) is 1.43. The van der Waals surface area contributed by atoms with Crippen LogP contribution in [0.1, 0.15) is 5.56 Å². The molecule has 1 rings (SSSR count). The number of hydrogen-bond donors (Lipinski definition) is 2. The van der Waals surface area contributed by atoms with Gasteiger partial charge in [-0.05, 0) is 11.6 Å². The third-order valence-corrected chi connectivity index (χ3v) is 1.43. The summed E-state index contributed by atoms with van der Waals surface area (Å²) >= 11 is 0. The van der Waals surface area contributed by atoms with Gasteiger partial charge in [-0.3, -0.25) is 0 Å².